The van der Waals surface area contributed by atoms with Crippen molar-refractivity contribution in [2.75, 3.05) is 6.54 Å². The highest BCUT2D eigenvalue weighted by atomic mass is 127. The van der Waals surface area contributed by atoms with E-state index in [1.807, 2.05) is 36.4 Å². The second-order valence-electron chi connectivity index (χ2n) is 7.57. The van der Waals surface area contributed by atoms with Gasteiger partial charge in [0.1, 0.15) is 0 Å². The van der Waals surface area contributed by atoms with E-state index in [4.69, 9.17) is 0 Å². The highest BCUT2D eigenvalue weighted by Crippen LogP contribution is 2.32. The molecule has 0 unspecified atom stereocenters. The molecule has 0 aliphatic carbocycles. The van der Waals surface area contributed by atoms with Crippen molar-refractivity contribution in [3.05, 3.63) is 73.7 Å². The standard InChI is InChI=1S/C22H20INO3S/c1-22(2,3)16-8-4-14(5-9-16)12-19-20(26)24(21(27)28-19)13-18(25)15-6-10-17(23)11-7-15/h4-12H,13H2,1-3H3/b19-12+. The number of Topliss-reactive ketones (excluding diaryl/α,β-unsaturated/α-hetero) is 1. The summed E-state index contributed by atoms with van der Waals surface area (Å²) in [5, 5.41) is -0.415. The molecule has 6 heteroatoms. The number of halogens is 1. The van der Waals surface area contributed by atoms with Gasteiger partial charge < -0.3 is 0 Å². The molecule has 0 aromatic heterocycles. The minimum absolute atomic E-state index is 0.0479. The fourth-order valence-corrected chi connectivity index (χ4v) is 3.94. The Kier molecular flexibility index (Phi) is 6.09. The summed E-state index contributed by atoms with van der Waals surface area (Å²) in [6.45, 7) is 6.17. The molecule has 2 aromatic rings. The summed E-state index contributed by atoms with van der Waals surface area (Å²) in [6.07, 6.45) is 1.70. The molecule has 1 heterocycles. The quantitative estimate of drug-likeness (QED) is 0.313. The molecule has 0 saturated carbocycles. The molecular formula is C22H20INO3S. The van der Waals surface area contributed by atoms with Crippen molar-refractivity contribution in [1.82, 2.24) is 4.90 Å². The lowest BCUT2D eigenvalue weighted by atomic mass is 9.87. The van der Waals surface area contributed by atoms with Gasteiger partial charge in [-0.15, -0.1) is 0 Å². The van der Waals surface area contributed by atoms with E-state index in [0.717, 1.165) is 25.8 Å². The summed E-state index contributed by atoms with van der Waals surface area (Å²) in [6, 6.07) is 15.0. The van der Waals surface area contributed by atoms with E-state index in [9.17, 15) is 14.4 Å². The van der Waals surface area contributed by atoms with Crippen molar-refractivity contribution in [1.29, 1.82) is 0 Å². The van der Waals surface area contributed by atoms with Crippen LogP contribution >= 0.6 is 34.4 Å². The lowest BCUT2D eigenvalue weighted by molar-refractivity contribution is -0.122. The van der Waals surface area contributed by atoms with Crippen molar-refractivity contribution in [2.45, 2.75) is 26.2 Å². The number of carbonyl (C=O) groups excluding carboxylic acids is 3. The third-order valence-corrected chi connectivity index (χ3v) is 6.04. The maximum Gasteiger partial charge on any atom is 0.293 e. The first-order valence-corrected chi connectivity index (χ1v) is 10.7. The van der Waals surface area contributed by atoms with Gasteiger partial charge in [-0.05, 0) is 69.1 Å². The van der Waals surface area contributed by atoms with Crippen molar-refractivity contribution < 1.29 is 14.4 Å². The molecule has 2 amide bonds. The lowest BCUT2D eigenvalue weighted by Gasteiger charge is -2.18. The molecule has 0 bridgehead atoms. The first-order chi connectivity index (χ1) is 13.1. The number of nitrogens with zero attached hydrogens (tertiary/aromatic N) is 1. The van der Waals surface area contributed by atoms with Gasteiger partial charge in [0.25, 0.3) is 11.1 Å². The summed E-state index contributed by atoms with van der Waals surface area (Å²) in [7, 11) is 0. The van der Waals surface area contributed by atoms with Gasteiger partial charge in [0, 0.05) is 9.13 Å². The van der Waals surface area contributed by atoms with E-state index in [0.29, 0.717) is 10.5 Å². The summed E-state index contributed by atoms with van der Waals surface area (Å²) in [4.78, 5) is 38.7. The van der Waals surface area contributed by atoms with Crippen molar-refractivity contribution in [2.24, 2.45) is 0 Å². The van der Waals surface area contributed by atoms with Crippen LogP contribution in [0.1, 0.15) is 42.3 Å². The van der Waals surface area contributed by atoms with E-state index < -0.39 is 11.1 Å². The highest BCUT2D eigenvalue weighted by molar-refractivity contribution is 14.1. The number of imide groups is 1. The predicted octanol–water partition coefficient (Wildman–Crippen LogP) is 5.51. The molecule has 1 aliphatic rings. The third kappa shape index (κ3) is 4.72. The van der Waals surface area contributed by atoms with Crippen LogP contribution in [0, 0.1) is 3.57 Å². The smallest absolute Gasteiger partial charge is 0.292 e. The molecule has 4 nitrogen and oxygen atoms in total. The number of amides is 2. The monoisotopic (exact) mass is 505 g/mol. The Hall–Kier alpha value is -1.93. The zero-order valence-electron chi connectivity index (χ0n) is 15.9. The van der Waals surface area contributed by atoms with Crippen LogP contribution in [-0.4, -0.2) is 28.4 Å². The molecule has 0 spiro atoms. The maximum absolute atomic E-state index is 12.6. The Morgan fingerprint density at radius 3 is 2.21 bits per heavy atom. The Balaban J connectivity index is 1.75. The van der Waals surface area contributed by atoms with Gasteiger partial charge in [-0.3, -0.25) is 19.3 Å². The molecule has 1 saturated heterocycles. The van der Waals surface area contributed by atoms with Gasteiger partial charge >= 0.3 is 0 Å². The van der Waals surface area contributed by atoms with Crippen LogP contribution in [0.25, 0.3) is 6.08 Å². The largest absolute Gasteiger partial charge is 0.293 e. The van der Waals surface area contributed by atoms with Gasteiger partial charge in [-0.1, -0.05) is 57.2 Å². The van der Waals surface area contributed by atoms with Gasteiger partial charge in [-0.25, -0.2) is 0 Å². The van der Waals surface area contributed by atoms with Crippen LogP contribution in [0.4, 0.5) is 4.79 Å². The van der Waals surface area contributed by atoms with Crippen LogP contribution in [0.5, 0.6) is 0 Å². The Bertz CT molecular complexity index is 957. The molecule has 0 radical (unpaired) electrons. The fraction of sp³-hybridized carbons (Fsp3) is 0.227. The zero-order chi connectivity index (χ0) is 20.5. The van der Waals surface area contributed by atoms with E-state index in [-0.39, 0.29) is 17.7 Å². The summed E-state index contributed by atoms with van der Waals surface area (Å²) < 4.78 is 1.01. The van der Waals surface area contributed by atoms with E-state index in [1.54, 1.807) is 18.2 Å². The van der Waals surface area contributed by atoms with Crippen LogP contribution in [0.3, 0.4) is 0 Å². The molecule has 1 aliphatic heterocycles. The summed E-state index contributed by atoms with van der Waals surface area (Å²) >= 11 is 3.03. The average Bonchev–Trinajstić information content (AvgIpc) is 2.89. The first-order valence-electron chi connectivity index (χ1n) is 8.80. The maximum atomic E-state index is 12.6. The van der Waals surface area contributed by atoms with Crippen LogP contribution in [-0.2, 0) is 10.2 Å². The van der Waals surface area contributed by atoms with Gasteiger partial charge in [0.05, 0.1) is 11.4 Å². The third-order valence-electron chi connectivity index (χ3n) is 4.42. The minimum atomic E-state index is -0.422. The predicted molar refractivity (Wildman–Crippen MR) is 121 cm³/mol. The van der Waals surface area contributed by atoms with Crippen LogP contribution in [0.15, 0.2) is 53.4 Å². The second-order valence-corrected chi connectivity index (χ2v) is 9.81. The fourth-order valence-electron chi connectivity index (χ4n) is 2.74. The highest BCUT2D eigenvalue weighted by Gasteiger charge is 2.36. The minimum Gasteiger partial charge on any atom is -0.292 e. The number of carbonyl (C=O) groups is 3. The van der Waals surface area contributed by atoms with E-state index >= 15 is 0 Å². The number of benzene rings is 2. The van der Waals surface area contributed by atoms with Crippen LogP contribution < -0.4 is 0 Å². The summed E-state index contributed by atoms with van der Waals surface area (Å²) in [5.74, 6) is -0.678. The number of hydrogen-bond donors (Lipinski definition) is 0. The normalized spacial score (nSPS) is 16.1. The average molecular weight is 505 g/mol. The SMILES string of the molecule is CC(C)(C)c1ccc(/C=C2/SC(=O)N(CC(=O)c3ccc(I)cc3)C2=O)cc1. The van der Waals surface area contributed by atoms with E-state index in [2.05, 4.69) is 43.4 Å². The molecule has 1 fully saturated rings. The second kappa shape index (κ2) is 8.21. The van der Waals surface area contributed by atoms with Crippen molar-refractivity contribution in [3.63, 3.8) is 0 Å². The van der Waals surface area contributed by atoms with E-state index in [1.165, 1.54) is 5.56 Å². The van der Waals surface area contributed by atoms with Gasteiger partial charge in [0.2, 0.25) is 0 Å². The van der Waals surface area contributed by atoms with Crippen molar-refractivity contribution in [3.8, 4) is 0 Å². The first kappa shape index (κ1) is 20.8. The number of rotatable bonds is 4. The molecule has 28 heavy (non-hydrogen) atoms. The number of hydrogen-bond acceptors (Lipinski definition) is 4. The Labute approximate surface area is 182 Å². The summed E-state index contributed by atoms with van der Waals surface area (Å²) in [5.41, 5.74) is 2.58. The lowest BCUT2D eigenvalue weighted by Crippen LogP contribution is -2.33. The van der Waals surface area contributed by atoms with Gasteiger partial charge in [-0.2, -0.15) is 0 Å². The molecule has 3 rings (SSSR count). The number of ketones is 1. The molecule has 144 valence electrons. The topological polar surface area (TPSA) is 54.5 Å². The molecule has 0 N–H and O–H groups in total. The van der Waals surface area contributed by atoms with Crippen molar-refractivity contribution >= 4 is 57.4 Å². The van der Waals surface area contributed by atoms with Gasteiger partial charge in [0.15, 0.2) is 5.78 Å². The number of thioether (sulfide) groups is 1. The Morgan fingerprint density at radius 2 is 1.64 bits per heavy atom. The Morgan fingerprint density at radius 1 is 1.04 bits per heavy atom. The van der Waals surface area contributed by atoms with Crippen LogP contribution in [0.2, 0.25) is 0 Å². The molecule has 2 aromatic carbocycles. The molecular weight excluding hydrogens is 485 g/mol. The zero-order valence-corrected chi connectivity index (χ0v) is 18.8. The molecule has 0 atom stereocenters.